The number of piperidine rings is 1. The number of benzene rings is 2. The summed E-state index contributed by atoms with van der Waals surface area (Å²) < 4.78 is 0. The summed E-state index contributed by atoms with van der Waals surface area (Å²) in [5, 5.41) is 3.04. The molecular weight excluding hydrogens is 371 g/mol. The Morgan fingerprint density at radius 3 is 2.08 bits per heavy atom. The third-order valence-electron chi connectivity index (χ3n) is 4.58. The Balaban J connectivity index is 1.55. The van der Waals surface area contributed by atoms with Gasteiger partial charge in [-0.3, -0.25) is 9.59 Å². The van der Waals surface area contributed by atoms with Gasteiger partial charge < -0.3 is 10.2 Å². The summed E-state index contributed by atoms with van der Waals surface area (Å²) in [4.78, 5) is 24.8. The first-order valence-corrected chi connectivity index (χ1v) is 9.45. The van der Waals surface area contributed by atoms with E-state index in [1.807, 2.05) is 54.6 Å². The SMILES string of the molecule is O=C(NC1CCN(C(=O)C(Cl)Cl)CC1)c1ccc(-c2ccccc2)cc1. The minimum absolute atomic E-state index is 0.0458. The average molecular weight is 391 g/mol. The van der Waals surface area contributed by atoms with E-state index in [1.165, 1.54) is 0 Å². The summed E-state index contributed by atoms with van der Waals surface area (Å²) in [5.74, 6) is -0.364. The maximum Gasteiger partial charge on any atom is 0.255 e. The molecule has 0 spiro atoms. The summed E-state index contributed by atoms with van der Waals surface area (Å²) >= 11 is 11.2. The van der Waals surface area contributed by atoms with Crippen molar-refractivity contribution in [3.8, 4) is 11.1 Å². The zero-order valence-electron chi connectivity index (χ0n) is 14.2. The fourth-order valence-electron chi connectivity index (χ4n) is 3.10. The van der Waals surface area contributed by atoms with Crippen LogP contribution in [0.5, 0.6) is 0 Å². The van der Waals surface area contributed by atoms with Gasteiger partial charge in [0.1, 0.15) is 0 Å². The van der Waals surface area contributed by atoms with E-state index in [0.717, 1.165) is 11.1 Å². The van der Waals surface area contributed by atoms with Gasteiger partial charge in [-0.05, 0) is 36.1 Å². The number of rotatable bonds is 4. The highest BCUT2D eigenvalue weighted by Crippen LogP contribution is 2.20. The largest absolute Gasteiger partial charge is 0.349 e. The Labute approximate surface area is 163 Å². The lowest BCUT2D eigenvalue weighted by atomic mass is 10.0. The van der Waals surface area contributed by atoms with Gasteiger partial charge in [0.05, 0.1) is 0 Å². The van der Waals surface area contributed by atoms with Crippen molar-refractivity contribution < 1.29 is 9.59 Å². The summed E-state index contributed by atoms with van der Waals surface area (Å²) in [7, 11) is 0. The Kier molecular flexibility index (Phi) is 6.17. The quantitative estimate of drug-likeness (QED) is 0.805. The second-order valence-electron chi connectivity index (χ2n) is 6.32. The van der Waals surface area contributed by atoms with Crippen LogP contribution in [0.3, 0.4) is 0 Å². The van der Waals surface area contributed by atoms with Gasteiger partial charge in [0.25, 0.3) is 11.8 Å². The van der Waals surface area contributed by atoms with Crippen LogP contribution in [0.2, 0.25) is 0 Å². The van der Waals surface area contributed by atoms with Crippen molar-refractivity contribution in [1.29, 1.82) is 0 Å². The molecule has 1 saturated heterocycles. The number of alkyl halides is 2. The Bertz CT molecular complexity index is 755. The molecule has 0 atom stereocenters. The molecule has 1 fully saturated rings. The van der Waals surface area contributed by atoms with E-state index in [9.17, 15) is 9.59 Å². The zero-order valence-corrected chi connectivity index (χ0v) is 15.7. The van der Waals surface area contributed by atoms with Crippen LogP contribution >= 0.6 is 23.2 Å². The molecule has 4 nitrogen and oxygen atoms in total. The number of hydrogen-bond donors (Lipinski definition) is 1. The molecule has 6 heteroatoms. The van der Waals surface area contributed by atoms with Crippen LogP contribution in [-0.4, -0.2) is 40.7 Å². The monoisotopic (exact) mass is 390 g/mol. The highest BCUT2D eigenvalue weighted by atomic mass is 35.5. The minimum Gasteiger partial charge on any atom is -0.349 e. The van der Waals surface area contributed by atoms with Crippen LogP contribution in [-0.2, 0) is 4.79 Å². The predicted octanol–water partition coefficient (Wildman–Crippen LogP) is 3.88. The summed E-state index contributed by atoms with van der Waals surface area (Å²) in [6.07, 6.45) is 1.39. The van der Waals surface area contributed by atoms with E-state index in [0.29, 0.717) is 31.5 Å². The number of hydrogen-bond acceptors (Lipinski definition) is 2. The maximum atomic E-state index is 12.5. The molecule has 1 N–H and O–H groups in total. The highest BCUT2D eigenvalue weighted by Gasteiger charge is 2.26. The lowest BCUT2D eigenvalue weighted by molar-refractivity contribution is -0.130. The first-order valence-electron chi connectivity index (χ1n) is 8.58. The number of nitrogens with zero attached hydrogens (tertiary/aromatic N) is 1. The first-order chi connectivity index (χ1) is 12.5. The van der Waals surface area contributed by atoms with Crippen molar-refractivity contribution in [1.82, 2.24) is 10.2 Å². The lowest BCUT2D eigenvalue weighted by Crippen LogP contribution is -2.47. The fourth-order valence-corrected chi connectivity index (χ4v) is 3.37. The fraction of sp³-hybridized carbons (Fsp3) is 0.300. The van der Waals surface area contributed by atoms with Crippen LogP contribution in [0.25, 0.3) is 11.1 Å². The Hall–Kier alpha value is -2.04. The van der Waals surface area contributed by atoms with E-state index in [1.54, 1.807) is 4.90 Å². The molecule has 0 bridgehead atoms. The third-order valence-corrected chi connectivity index (χ3v) is 4.96. The molecule has 26 heavy (non-hydrogen) atoms. The van der Waals surface area contributed by atoms with Crippen molar-refractivity contribution in [3.05, 3.63) is 60.2 Å². The number of carbonyl (C=O) groups excluding carboxylic acids is 2. The van der Waals surface area contributed by atoms with E-state index >= 15 is 0 Å². The van der Waals surface area contributed by atoms with Crippen molar-refractivity contribution in [2.45, 2.75) is 23.7 Å². The normalized spacial score (nSPS) is 15.1. The van der Waals surface area contributed by atoms with E-state index < -0.39 is 4.84 Å². The van der Waals surface area contributed by atoms with Crippen LogP contribution in [0, 0.1) is 0 Å². The number of nitrogens with one attached hydrogen (secondary N) is 1. The summed E-state index contributed by atoms with van der Waals surface area (Å²) in [5.41, 5.74) is 2.82. The van der Waals surface area contributed by atoms with Gasteiger partial charge in [-0.2, -0.15) is 0 Å². The van der Waals surface area contributed by atoms with Crippen molar-refractivity contribution in [2.75, 3.05) is 13.1 Å². The molecule has 1 heterocycles. The van der Waals surface area contributed by atoms with Crippen molar-refractivity contribution in [2.24, 2.45) is 0 Å². The molecule has 0 saturated carbocycles. The molecular formula is C20H20Cl2N2O2. The first kappa shape index (κ1) is 18.7. The van der Waals surface area contributed by atoms with Gasteiger partial charge in [-0.1, -0.05) is 65.7 Å². The second-order valence-corrected chi connectivity index (χ2v) is 7.41. The smallest absolute Gasteiger partial charge is 0.255 e. The number of carbonyl (C=O) groups is 2. The van der Waals surface area contributed by atoms with Crippen molar-refractivity contribution in [3.63, 3.8) is 0 Å². The Morgan fingerprint density at radius 1 is 0.923 bits per heavy atom. The number of amides is 2. The molecule has 3 rings (SSSR count). The standard InChI is InChI=1S/C20H20Cl2N2O2/c21-18(22)20(26)24-12-10-17(11-13-24)23-19(25)16-8-6-15(7-9-16)14-4-2-1-3-5-14/h1-9,17-18H,10-13H2,(H,23,25). The molecule has 2 amide bonds. The summed E-state index contributed by atoms with van der Waals surface area (Å²) in [6.45, 7) is 1.10. The topological polar surface area (TPSA) is 49.4 Å². The van der Waals surface area contributed by atoms with Crippen LogP contribution in [0.4, 0.5) is 0 Å². The lowest BCUT2D eigenvalue weighted by Gasteiger charge is -2.32. The van der Waals surface area contributed by atoms with Gasteiger partial charge in [0.2, 0.25) is 0 Å². The van der Waals surface area contributed by atoms with Crippen LogP contribution in [0.1, 0.15) is 23.2 Å². The van der Waals surface area contributed by atoms with Gasteiger partial charge in [-0.25, -0.2) is 0 Å². The molecule has 2 aromatic rings. The van der Waals surface area contributed by atoms with Crippen molar-refractivity contribution >= 4 is 35.0 Å². The molecule has 136 valence electrons. The molecule has 1 aliphatic rings. The number of halogens is 2. The molecule has 0 aliphatic carbocycles. The number of likely N-dealkylation sites (tertiary alicyclic amines) is 1. The van der Waals surface area contributed by atoms with Gasteiger partial charge >= 0.3 is 0 Å². The molecule has 0 radical (unpaired) electrons. The zero-order chi connectivity index (χ0) is 18.5. The predicted molar refractivity (Wildman–Crippen MR) is 104 cm³/mol. The molecule has 1 aliphatic heterocycles. The second kappa shape index (κ2) is 8.56. The minimum atomic E-state index is -1.02. The Morgan fingerprint density at radius 2 is 1.50 bits per heavy atom. The van der Waals surface area contributed by atoms with Gasteiger partial charge in [0.15, 0.2) is 4.84 Å². The maximum absolute atomic E-state index is 12.5. The molecule has 2 aromatic carbocycles. The van der Waals surface area contributed by atoms with Gasteiger partial charge in [-0.15, -0.1) is 0 Å². The van der Waals surface area contributed by atoms with Gasteiger partial charge in [0, 0.05) is 24.7 Å². The van der Waals surface area contributed by atoms with Crippen LogP contribution in [0.15, 0.2) is 54.6 Å². The van der Waals surface area contributed by atoms with Crippen LogP contribution < -0.4 is 5.32 Å². The van der Waals surface area contributed by atoms with E-state index in [2.05, 4.69) is 5.32 Å². The summed E-state index contributed by atoms with van der Waals surface area (Å²) in [6, 6.07) is 17.7. The third kappa shape index (κ3) is 4.57. The van der Waals surface area contributed by atoms with E-state index in [-0.39, 0.29) is 17.9 Å². The van der Waals surface area contributed by atoms with E-state index in [4.69, 9.17) is 23.2 Å². The highest BCUT2D eigenvalue weighted by molar-refractivity contribution is 6.53. The average Bonchev–Trinajstić information content (AvgIpc) is 2.68. The molecule has 0 aromatic heterocycles. The molecule has 0 unspecified atom stereocenters.